The van der Waals surface area contributed by atoms with Crippen molar-refractivity contribution >= 4 is 18.0 Å². The molecule has 0 spiro atoms. The van der Waals surface area contributed by atoms with Crippen molar-refractivity contribution in [3.8, 4) is 11.1 Å². The molecule has 0 unspecified atom stereocenters. The van der Waals surface area contributed by atoms with Crippen LogP contribution >= 0.6 is 0 Å². The van der Waals surface area contributed by atoms with Crippen LogP contribution in [-0.4, -0.2) is 36.2 Å². The fraction of sp³-hybridized carbons (Fsp3) is 0.348. The largest absolute Gasteiger partial charge is 0.458 e. The van der Waals surface area contributed by atoms with E-state index in [1.54, 1.807) is 20.8 Å². The van der Waals surface area contributed by atoms with E-state index in [9.17, 15) is 14.4 Å². The van der Waals surface area contributed by atoms with Gasteiger partial charge in [-0.05, 0) is 43.0 Å². The molecule has 158 valence electrons. The molecule has 2 aromatic rings. The molecular formula is C23H26N2O5. The van der Waals surface area contributed by atoms with Gasteiger partial charge < -0.3 is 20.5 Å². The van der Waals surface area contributed by atoms with Gasteiger partial charge in [0.15, 0.2) is 0 Å². The lowest BCUT2D eigenvalue weighted by atomic mass is 9.98. The Morgan fingerprint density at radius 2 is 1.53 bits per heavy atom. The summed E-state index contributed by atoms with van der Waals surface area (Å²) in [6.45, 7) is 5.18. The molecule has 30 heavy (non-hydrogen) atoms. The number of esters is 1. The second-order valence-electron chi connectivity index (χ2n) is 8.23. The van der Waals surface area contributed by atoms with Gasteiger partial charge in [-0.25, -0.2) is 9.59 Å². The highest BCUT2D eigenvalue weighted by molar-refractivity contribution is 5.87. The third-order valence-electron chi connectivity index (χ3n) is 4.73. The van der Waals surface area contributed by atoms with Crippen LogP contribution in [0.2, 0.25) is 0 Å². The van der Waals surface area contributed by atoms with Crippen molar-refractivity contribution in [2.45, 2.75) is 44.8 Å². The molecule has 1 aliphatic carbocycles. The quantitative estimate of drug-likeness (QED) is 0.712. The van der Waals surface area contributed by atoms with Gasteiger partial charge in [0.05, 0.1) is 6.42 Å². The maximum Gasteiger partial charge on any atom is 0.407 e. The number of carbonyl (C=O) groups excluding carboxylic acids is 3. The number of benzene rings is 2. The topological polar surface area (TPSA) is 108 Å². The number of nitrogens with two attached hydrogens (primary N) is 1. The Morgan fingerprint density at radius 3 is 2.03 bits per heavy atom. The number of amides is 2. The van der Waals surface area contributed by atoms with Crippen LogP contribution in [0, 0.1) is 0 Å². The van der Waals surface area contributed by atoms with Crippen LogP contribution in [0.4, 0.5) is 4.79 Å². The number of alkyl carbamates (subject to hydrolysis) is 1. The minimum atomic E-state index is -1.21. The number of nitrogens with one attached hydrogen (secondary N) is 1. The summed E-state index contributed by atoms with van der Waals surface area (Å²) in [5, 5.41) is 2.41. The number of primary amides is 1. The standard InChI is InChI=1S/C23H26N2O5/c1-23(2,3)30-21(27)19(12-20(24)26)25-22(28)29-13-18-16-10-6-4-8-14(16)15-9-5-7-11-17(15)18/h4-11,18-19H,12-13H2,1-3H3,(H2,24,26)(H,25,28)/t19-/m1/s1. The molecular weight excluding hydrogens is 384 g/mol. The normalized spacial score (nSPS) is 13.7. The summed E-state index contributed by atoms with van der Waals surface area (Å²) in [4.78, 5) is 36.0. The first-order valence-electron chi connectivity index (χ1n) is 9.78. The molecule has 0 radical (unpaired) electrons. The van der Waals surface area contributed by atoms with Gasteiger partial charge >= 0.3 is 12.1 Å². The maximum absolute atomic E-state index is 12.4. The third-order valence-corrected chi connectivity index (χ3v) is 4.73. The van der Waals surface area contributed by atoms with E-state index in [2.05, 4.69) is 5.32 Å². The molecule has 0 aromatic heterocycles. The zero-order valence-corrected chi connectivity index (χ0v) is 17.3. The lowest BCUT2D eigenvalue weighted by Gasteiger charge is -2.24. The highest BCUT2D eigenvalue weighted by atomic mass is 16.6. The van der Waals surface area contributed by atoms with E-state index in [4.69, 9.17) is 15.2 Å². The summed E-state index contributed by atoms with van der Waals surface area (Å²) in [5.41, 5.74) is 8.82. The van der Waals surface area contributed by atoms with Crippen LogP contribution in [-0.2, 0) is 19.1 Å². The summed E-state index contributed by atoms with van der Waals surface area (Å²) < 4.78 is 10.7. The van der Waals surface area contributed by atoms with Crippen molar-refractivity contribution in [2.75, 3.05) is 6.61 Å². The van der Waals surface area contributed by atoms with Crippen LogP contribution in [0.1, 0.15) is 44.2 Å². The Balaban J connectivity index is 1.68. The van der Waals surface area contributed by atoms with Crippen LogP contribution in [0.3, 0.4) is 0 Å². The molecule has 3 rings (SSSR count). The Kier molecular flexibility index (Phi) is 6.10. The van der Waals surface area contributed by atoms with Crippen molar-refractivity contribution in [3.05, 3.63) is 59.7 Å². The molecule has 2 amide bonds. The number of ether oxygens (including phenoxy) is 2. The first-order chi connectivity index (χ1) is 14.2. The van der Waals surface area contributed by atoms with Gasteiger partial charge in [0.25, 0.3) is 0 Å². The minimum Gasteiger partial charge on any atom is -0.458 e. The molecule has 0 heterocycles. The van der Waals surface area contributed by atoms with Gasteiger partial charge in [0, 0.05) is 5.92 Å². The minimum absolute atomic E-state index is 0.0947. The first kappa shape index (κ1) is 21.4. The van der Waals surface area contributed by atoms with Crippen LogP contribution in [0.5, 0.6) is 0 Å². The summed E-state index contributed by atoms with van der Waals surface area (Å²) in [6.07, 6.45) is -1.19. The molecule has 3 N–H and O–H groups in total. The summed E-state index contributed by atoms with van der Waals surface area (Å²) in [5.74, 6) is -1.58. The number of hydrogen-bond acceptors (Lipinski definition) is 5. The van der Waals surface area contributed by atoms with Crippen molar-refractivity contribution < 1.29 is 23.9 Å². The van der Waals surface area contributed by atoms with Crippen molar-refractivity contribution in [1.82, 2.24) is 5.32 Å². The Bertz CT molecular complexity index is 919. The molecule has 7 heteroatoms. The average molecular weight is 410 g/mol. The van der Waals surface area contributed by atoms with Gasteiger partial charge in [-0.1, -0.05) is 48.5 Å². The molecule has 0 fully saturated rings. The maximum atomic E-state index is 12.4. The Labute approximate surface area is 175 Å². The molecule has 7 nitrogen and oxygen atoms in total. The molecule has 0 aliphatic heterocycles. The lowest BCUT2D eigenvalue weighted by Crippen LogP contribution is -2.46. The molecule has 1 aliphatic rings. The molecule has 0 bridgehead atoms. The average Bonchev–Trinajstić information content (AvgIpc) is 2.98. The Hall–Kier alpha value is -3.35. The highest BCUT2D eigenvalue weighted by Crippen LogP contribution is 2.44. The van der Waals surface area contributed by atoms with E-state index < -0.39 is 29.6 Å². The summed E-state index contributed by atoms with van der Waals surface area (Å²) >= 11 is 0. The molecule has 2 aromatic carbocycles. The molecule has 0 saturated carbocycles. The van der Waals surface area contributed by atoms with E-state index in [1.807, 2.05) is 48.5 Å². The van der Waals surface area contributed by atoms with Crippen molar-refractivity contribution in [1.29, 1.82) is 0 Å². The number of carbonyl (C=O) groups is 3. The predicted molar refractivity (Wildman–Crippen MR) is 112 cm³/mol. The van der Waals surface area contributed by atoms with E-state index in [0.29, 0.717) is 0 Å². The van der Waals surface area contributed by atoms with Gasteiger partial charge in [-0.3, -0.25) is 4.79 Å². The number of rotatable bonds is 6. The number of hydrogen-bond donors (Lipinski definition) is 2. The lowest BCUT2D eigenvalue weighted by molar-refractivity contribution is -0.158. The first-order valence-corrected chi connectivity index (χ1v) is 9.78. The van der Waals surface area contributed by atoms with Gasteiger partial charge in [-0.15, -0.1) is 0 Å². The number of fused-ring (bicyclic) bond motifs is 3. The van der Waals surface area contributed by atoms with E-state index in [1.165, 1.54) is 0 Å². The zero-order valence-electron chi connectivity index (χ0n) is 17.3. The highest BCUT2D eigenvalue weighted by Gasteiger charge is 2.31. The molecule has 1 atom stereocenters. The van der Waals surface area contributed by atoms with E-state index in [0.717, 1.165) is 22.3 Å². The van der Waals surface area contributed by atoms with Gasteiger partial charge in [-0.2, -0.15) is 0 Å². The monoisotopic (exact) mass is 410 g/mol. The summed E-state index contributed by atoms with van der Waals surface area (Å²) in [6, 6.07) is 14.7. The van der Waals surface area contributed by atoms with E-state index in [-0.39, 0.29) is 18.9 Å². The second-order valence-corrected chi connectivity index (χ2v) is 8.23. The van der Waals surface area contributed by atoms with Crippen molar-refractivity contribution in [2.24, 2.45) is 5.73 Å². The third kappa shape index (κ3) is 4.97. The van der Waals surface area contributed by atoms with Crippen LogP contribution < -0.4 is 11.1 Å². The van der Waals surface area contributed by atoms with Crippen molar-refractivity contribution in [3.63, 3.8) is 0 Å². The zero-order chi connectivity index (χ0) is 21.9. The van der Waals surface area contributed by atoms with Crippen LogP contribution in [0.25, 0.3) is 11.1 Å². The summed E-state index contributed by atoms with van der Waals surface area (Å²) in [7, 11) is 0. The fourth-order valence-electron chi connectivity index (χ4n) is 3.55. The SMILES string of the molecule is CC(C)(C)OC(=O)[C@@H](CC(N)=O)NC(=O)OCC1c2ccccc2-c2ccccc21. The van der Waals surface area contributed by atoms with Crippen LogP contribution in [0.15, 0.2) is 48.5 Å². The predicted octanol–water partition coefficient (Wildman–Crippen LogP) is 3.11. The smallest absolute Gasteiger partial charge is 0.407 e. The second kappa shape index (κ2) is 8.57. The van der Waals surface area contributed by atoms with E-state index >= 15 is 0 Å². The van der Waals surface area contributed by atoms with Gasteiger partial charge in [0.2, 0.25) is 5.91 Å². The Morgan fingerprint density at radius 1 is 1.00 bits per heavy atom. The van der Waals surface area contributed by atoms with Gasteiger partial charge in [0.1, 0.15) is 18.2 Å². The molecule has 0 saturated heterocycles. The fourth-order valence-corrected chi connectivity index (χ4v) is 3.55.